The molecule has 158 valence electrons. The number of hydrogen-bond donors (Lipinski definition) is 1. The summed E-state index contributed by atoms with van der Waals surface area (Å²) in [6, 6.07) is 11.3. The molecule has 0 saturated carbocycles. The lowest BCUT2D eigenvalue weighted by atomic mass is 10.0. The molecule has 1 aromatic carbocycles. The third-order valence-electron chi connectivity index (χ3n) is 4.44. The second-order valence-electron chi connectivity index (χ2n) is 7.51. The van der Waals surface area contributed by atoms with Crippen molar-refractivity contribution in [2.24, 2.45) is 5.92 Å². The first-order chi connectivity index (χ1) is 13.8. The van der Waals surface area contributed by atoms with Crippen LogP contribution in [0.5, 0.6) is 0 Å². The van der Waals surface area contributed by atoms with Crippen LogP contribution in [0.3, 0.4) is 0 Å². The third kappa shape index (κ3) is 7.37. The Kier molecular flexibility index (Phi) is 8.43. The number of ether oxygens (including phenoxy) is 3. The molecule has 1 aromatic rings. The molecule has 8 nitrogen and oxygen atoms in total. The van der Waals surface area contributed by atoms with Crippen LogP contribution in [-0.4, -0.2) is 55.0 Å². The van der Waals surface area contributed by atoms with Gasteiger partial charge >= 0.3 is 6.09 Å². The molecule has 2 rings (SSSR count). The van der Waals surface area contributed by atoms with Crippen LogP contribution < -0.4 is 5.32 Å². The fraction of sp³-hybridized carbons (Fsp3) is 0.571. The molecule has 1 heterocycles. The molecule has 2 atom stereocenters. The molecule has 1 fully saturated rings. The molecule has 1 aliphatic rings. The van der Waals surface area contributed by atoms with Crippen LogP contribution in [0.4, 0.5) is 4.79 Å². The van der Waals surface area contributed by atoms with Gasteiger partial charge in [0, 0.05) is 13.1 Å². The molecule has 29 heavy (non-hydrogen) atoms. The number of hydrogen-bond acceptors (Lipinski definition) is 6. The average molecular weight is 403 g/mol. The molecule has 0 aliphatic carbocycles. The van der Waals surface area contributed by atoms with E-state index in [4.69, 9.17) is 14.2 Å². The van der Waals surface area contributed by atoms with E-state index in [-0.39, 0.29) is 12.5 Å². The Morgan fingerprint density at radius 3 is 2.52 bits per heavy atom. The monoisotopic (exact) mass is 403 g/mol. The average Bonchev–Trinajstić information content (AvgIpc) is 2.73. The first-order valence-electron chi connectivity index (χ1n) is 9.77. The van der Waals surface area contributed by atoms with Crippen molar-refractivity contribution in [3.63, 3.8) is 0 Å². The standard InChI is InChI=1S/C21H29N3O5/c1-16(2)13-18(29-20(26)24-9-11-27-12-10-24)19(25)23-21(3,15-22)28-14-17-7-5-4-6-8-17/h4-8,16,18H,9-14H2,1-3H3,(H,23,25). The van der Waals surface area contributed by atoms with Gasteiger partial charge in [-0.2, -0.15) is 5.26 Å². The topological polar surface area (TPSA) is 101 Å². The van der Waals surface area contributed by atoms with Crippen molar-refractivity contribution in [3.8, 4) is 6.07 Å². The number of nitriles is 1. The minimum atomic E-state index is -1.55. The molecule has 0 radical (unpaired) electrons. The van der Waals surface area contributed by atoms with Gasteiger partial charge in [0.1, 0.15) is 6.07 Å². The Bertz CT molecular complexity index is 713. The van der Waals surface area contributed by atoms with Crippen LogP contribution in [0.1, 0.15) is 32.8 Å². The highest BCUT2D eigenvalue weighted by atomic mass is 16.6. The van der Waals surface area contributed by atoms with Crippen LogP contribution in [0, 0.1) is 17.2 Å². The fourth-order valence-electron chi connectivity index (χ4n) is 2.79. The Morgan fingerprint density at radius 2 is 1.93 bits per heavy atom. The van der Waals surface area contributed by atoms with E-state index >= 15 is 0 Å². The number of rotatable bonds is 8. The van der Waals surface area contributed by atoms with Crippen molar-refractivity contribution < 1.29 is 23.8 Å². The van der Waals surface area contributed by atoms with Crippen LogP contribution in [-0.2, 0) is 25.6 Å². The van der Waals surface area contributed by atoms with Crippen LogP contribution >= 0.6 is 0 Å². The molecule has 8 heteroatoms. The lowest BCUT2D eigenvalue weighted by Crippen LogP contribution is -2.52. The molecular formula is C21H29N3O5. The van der Waals surface area contributed by atoms with Crippen molar-refractivity contribution in [2.45, 2.75) is 45.6 Å². The zero-order chi connectivity index (χ0) is 21.3. The summed E-state index contributed by atoms with van der Waals surface area (Å²) in [6.07, 6.45) is -1.24. The third-order valence-corrected chi connectivity index (χ3v) is 4.44. The predicted octanol–water partition coefficient (Wildman–Crippen LogP) is 2.44. The Hall–Kier alpha value is -2.63. The highest BCUT2D eigenvalue weighted by molar-refractivity contribution is 5.84. The van der Waals surface area contributed by atoms with E-state index in [0.717, 1.165) is 5.56 Å². The van der Waals surface area contributed by atoms with E-state index in [1.54, 1.807) is 0 Å². The van der Waals surface area contributed by atoms with Gasteiger partial charge in [0.2, 0.25) is 5.72 Å². The molecule has 0 aromatic heterocycles. The lowest BCUT2D eigenvalue weighted by Gasteiger charge is -2.30. The van der Waals surface area contributed by atoms with Crippen molar-refractivity contribution in [2.75, 3.05) is 26.3 Å². The van der Waals surface area contributed by atoms with Crippen molar-refractivity contribution in [1.82, 2.24) is 10.2 Å². The fourth-order valence-corrected chi connectivity index (χ4v) is 2.79. The number of nitrogens with one attached hydrogen (secondary N) is 1. The molecule has 2 unspecified atom stereocenters. The molecule has 1 aliphatic heterocycles. The van der Waals surface area contributed by atoms with Gasteiger partial charge in [-0.15, -0.1) is 0 Å². The van der Waals surface area contributed by atoms with Crippen molar-refractivity contribution >= 4 is 12.0 Å². The van der Waals surface area contributed by atoms with Crippen molar-refractivity contribution in [1.29, 1.82) is 5.26 Å². The molecule has 0 spiro atoms. The largest absolute Gasteiger partial charge is 0.436 e. The summed E-state index contributed by atoms with van der Waals surface area (Å²) in [5.74, 6) is -0.445. The summed E-state index contributed by atoms with van der Waals surface area (Å²) < 4.78 is 16.4. The quantitative estimate of drug-likeness (QED) is 0.669. The molecule has 2 amide bonds. The maximum atomic E-state index is 12.8. The van der Waals surface area contributed by atoms with Crippen molar-refractivity contribution in [3.05, 3.63) is 35.9 Å². The van der Waals surface area contributed by atoms with E-state index in [2.05, 4.69) is 5.32 Å². The zero-order valence-corrected chi connectivity index (χ0v) is 17.2. The van der Waals surface area contributed by atoms with Gasteiger partial charge in [0.25, 0.3) is 5.91 Å². The van der Waals surface area contributed by atoms with Gasteiger partial charge in [0.05, 0.1) is 19.8 Å². The molecular weight excluding hydrogens is 374 g/mol. The SMILES string of the molecule is CC(C)CC(OC(=O)N1CCOCC1)C(=O)NC(C)(C#N)OCc1ccccc1. The number of benzene rings is 1. The van der Waals surface area contributed by atoms with E-state index < -0.39 is 23.8 Å². The number of nitrogens with zero attached hydrogens (tertiary/aromatic N) is 2. The lowest BCUT2D eigenvalue weighted by molar-refractivity contribution is -0.139. The Balaban J connectivity index is 2.00. The number of amides is 2. The molecule has 1 saturated heterocycles. The first-order valence-corrected chi connectivity index (χ1v) is 9.77. The second kappa shape index (κ2) is 10.8. The summed E-state index contributed by atoms with van der Waals surface area (Å²) in [5, 5.41) is 12.1. The van der Waals surface area contributed by atoms with Gasteiger partial charge in [0.15, 0.2) is 6.10 Å². The Labute approximate surface area is 171 Å². The zero-order valence-electron chi connectivity index (χ0n) is 17.2. The summed E-state index contributed by atoms with van der Waals surface area (Å²) >= 11 is 0. The highest BCUT2D eigenvalue weighted by Gasteiger charge is 2.34. The van der Waals surface area contributed by atoms with Crippen LogP contribution in [0.25, 0.3) is 0 Å². The number of morpholine rings is 1. The van der Waals surface area contributed by atoms with E-state index in [1.807, 2.05) is 50.2 Å². The minimum absolute atomic E-state index is 0.113. The summed E-state index contributed by atoms with van der Waals surface area (Å²) in [4.78, 5) is 26.7. The maximum Gasteiger partial charge on any atom is 0.410 e. The number of carbonyl (C=O) groups is 2. The maximum absolute atomic E-state index is 12.8. The van der Waals surface area contributed by atoms with Gasteiger partial charge in [-0.1, -0.05) is 44.2 Å². The van der Waals surface area contributed by atoms with Gasteiger partial charge in [-0.25, -0.2) is 4.79 Å². The molecule has 0 bridgehead atoms. The second-order valence-corrected chi connectivity index (χ2v) is 7.51. The smallest absolute Gasteiger partial charge is 0.410 e. The van der Waals surface area contributed by atoms with Gasteiger partial charge in [-0.05, 0) is 24.8 Å². The van der Waals surface area contributed by atoms with Crippen LogP contribution in [0.15, 0.2) is 30.3 Å². The Morgan fingerprint density at radius 1 is 1.28 bits per heavy atom. The summed E-state index contributed by atoms with van der Waals surface area (Å²) in [6.45, 7) is 7.22. The van der Waals surface area contributed by atoms with E-state index in [1.165, 1.54) is 11.8 Å². The first kappa shape index (κ1) is 22.7. The summed E-state index contributed by atoms with van der Waals surface area (Å²) in [5.41, 5.74) is -0.672. The number of carbonyl (C=O) groups excluding carboxylic acids is 2. The van der Waals surface area contributed by atoms with Gasteiger partial charge in [-0.3, -0.25) is 4.79 Å². The summed E-state index contributed by atoms with van der Waals surface area (Å²) in [7, 11) is 0. The minimum Gasteiger partial charge on any atom is -0.436 e. The van der Waals surface area contributed by atoms with Gasteiger partial charge < -0.3 is 24.4 Å². The predicted molar refractivity (Wildman–Crippen MR) is 106 cm³/mol. The normalized spacial score (nSPS) is 17.1. The van der Waals surface area contributed by atoms with E-state index in [9.17, 15) is 14.9 Å². The van der Waals surface area contributed by atoms with Crippen LogP contribution in [0.2, 0.25) is 0 Å². The highest BCUT2D eigenvalue weighted by Crippen LogP contribution is 2.15. The molecule has 1 N–H and O–H groups in total. The van der Waals surface area contributed by atoms with E-state index in [0.29, 0.717) is 32.7 Å².